The van der Waals surface area contributed by atoms with Crippen LogP contribution in [0.1, 0.15) is 32.4 Å². The largest absolute Gasteiger partial charge is 0.433 e. The number of aromatic nitrogens is 2. The maximum Gasteiger partial charge on any atom is 0.433 e. The van der Waals surface area contributed by atoms with Gasteiger partial charge in [-0.1, -0.05) is 31.3 Å². The van der Waals surface area contributed by atoms with Crippen LogP contribution in [0.4, 0.5) is 24.1 Å². The van der Waals surface area contributed by atoms with Crippen molar-refractivity contribution < 1.29 is 13.2 Å². The highest BCUT2D eigenvalue weighted by molar-refractivity contribution is 7.22. The summed E-state index contributed by atoms with van der Waals surface area (Å²) in [5.74, 6) is 0.750. The molecule has 0 aliphatic carbocycles. The van der Waals surface area contributed by atoms with E-state index in [0.29, 0.717) is 34.2 Å². The Hall–Kier alpha value is -2.39. The fourth-order valence-electron chi connectivity index (χ4n) is 4.06. The van der Waals surface area contributed by atoms with Gasteiger partial charge in [0, 0.05) is 30.8 Å². The average molecular weight is 449 g/mol. The summed E-state index contributed by atoms with van der Waals surface area (Å²) in [6.07, 6.45) is -2.40. The van der Waals surface area contributed by atoms with Crippen molar-refractivity contribution in [3.8, 4) is 11.1 Å². The van der Waals surface area contributed by atoms with Gasteiger partial charge in [0.05, 0.1) is 10.2 Å². The Morgan fingerprint density at radius 3 is 2.81 bits per heavy atom. The predicted octanol–water partition coefficient (Wildman–Crippen LogP) is 5.29. The molecular weight excluding hydrogens is 423 g/mol. The van der Waals surface area contributed by atoms with Crippen LogP contribution in [0.3, 0.4) is 0 Å². The second kappa shape index (κ2) is 8.63. The molecule has 31 heavy (non-hydrogen) atoms. The first-order valence-corrected chi connectivity index (χ1v) is 11.2. The Kier molecular flexibility index (Phi) is 6.07. The van der Waals surface area contributed by atoms with E-state index in [4.69, 9.17) is 5.73 Å². The van der Waals surface area contributed by atoms with E-state index in [1.807, 2.05) is 12.1 Å². The van der Waals surface area contributed by atoms with E-state index in [1.54, 1.807) is 0 Å². The summed E-state index contributed by atoms with van der Waals surface area (Å²) in [6, 6.07) is 9.58. The molecule has 1 aliphatic rings. The SMILES string of the molecule is CC(C)CN1CCCC1CNc1nc(C(F)(F)F)ccc1-c1[c]c2nc(N)sc2cc1. The van der Waals surface area contributed by atoms with Gasteiger partial charge in [-0.15, -0.1) is 0 Å². The van der Waals surface area contributed by atoms with Crippen molar-refractivity contribution in [1.29, 1.82) is 0 Å². The van der Waals surface area contributed by atoms with Crippen LogP contribution in [-0.4, -0.2) is 40.5 Å². The zero-order chi connectivity index (χ0) is 22.2. The molecule has 0 spiro atoms. The predicted molar refractivity (Wildman–Crippen MR) is 119 cm³/mol. The number of nitrogens with one attached hydrogen (secondary N) is 1. The highest BCUT2D eigenvalue weighted by Crippen LogP contribution is 2.35. The van der Waals surface area contributed by atoms with Gasteiger partial charge in [0.2, 0.25) is 0 Å². The first kappa shape index (κ1) is 21.8. The lowest BCUT2D eigenvalue weighted by atomic mass is 10.1. The lowest BCUT2D eigenvalue weighted by Gasteiger charge is -2.27. The van der Waals surface area contributed by atoms with Crippen molar-refractivity contribution in [1.82, 2.24) is 14.9 Å². The van der Waals surface area contributed by atoms with Crippen LogP contribution in [0, 0.1) is 12.0 Å². The molecule has 5 nitrogen and oxygen atoms in total. The van der Waals surface area contributed by atoms with Gasteiger partial charge >= 0.3 is 6.18 Å². The number of benzene rings is 1. The highest BCUT2D eigenvalue weighted by Gasteiger charge is 2.33. The molecule has 3 N–H and O–H groups in total. The van der Waals surface area contributed by atoms with Crippen LogP contribution in [0.5, 0.6) is 0 Å². The topological polar surface area (TPSA) is 67.1 Å². The van der Waals surface area contributed by atoms with E-state index >= 15 is 0 Å². The summed E-state index contributed by atoms with van der Waals surface area (Å²) < 4.78 is 40.9. The Morgan fingerprint density at radius 2 is 2.06 bits per heavy atom. The maximum absolute atomic E-state index is 13.3. The van der Waals surface area contributed by atoms with Crippen LogP contribution in [0.15, 0.2) is 24.3 Å². The molecule has 165 valence electrons. The Balaban J connectivity index is 1.65. The van der Waals surface area contributed by atoms with Gasteiger partial charge in [0.1, 0.15) is 11.5 Å². The molecule has 1 atom stereocenters. The summed E-state index contributed by atoms with van der Waals surface area (Å²) in [6.45, 7) is 6.88. The molecule has 2 aromatic heterocycles. The van der Waals surface area contributed by atoms with Gasteiger partial charge in [-0.25, -0.2) is 9.97 Å². The number of nitrogens with two attached hydrogens (primary N) is 1. The third kappa shape index (κ3) is 4.93. The quantitative estimate of drug-likeness (QED) is 0.536. The molecule has 1 radical (unpaired) electrons. The summed E-state index contributed by atoms with van der Waals surface area (Å²) in [5, 5.41) is 3.64. The van der Waals surface area contributed by atoms with Crippen LogP contribution < -0.4 is 11.1 Å². The second-order valence-electron chi connectivity index (χ2n) is 8.29. The molecule has 1 saturated heterocycles. The molecule has 1 fully saturated rings. The summed E-state index contributed by atoms with van der Waals surface area (Å²) in [4.78, 5) is 10.6. The third-order valence-electron chi connectivity index (χ3n) is 5.40. The molecule has 9 heteroatoms. The van der Waals surface area contributed by atoms with Crippen LogP contribution in [0.25, 0.3) is 21.3 Å². The van der Waals surface area contributed by atoms with E-state index < -0.39 is 11.9 Å². The van der Waals surface area contributed by atoms with Crippen LogP contribution >= 0.6 is 11.3 Å². The molecule has 3 heterocycles. The Morgan fingerprint density at radius 1 is 1.26 bits per heavy atom. The van der Waals surface area contributed by atoms with Gasteiger partial charge in [-0.05, 0) is 49.1 Å². The molecule has 1 aliphatic heterocycles. The standard InChI is InChI=1S/C22H25F3N5S/c1-13(2)12-30-9-3-4-15(30)11-27-20-16(6-8-19(29-20)22(23,24)25)14-5-7-18-17(10-14)28-21(26)31-18/h5-8,13,15H,3-4,9,11-12H2,1-2H3,(H2,26,28)(H,27,29). The van der Waals surface area contributed by atoms with Crippen molar-refractivity contribution in [2.45, 2.75) is 38.9 Å². The molecule has 3 aromatic rings. The van der Waals surface area contributed by atoms with Crippen molar-refractivity contribution in [2.75, 3.05) is 30.7 Å². The zero-order valence-corrected chi connectivity index (χ0v) is 18.3. The fourth-order valence-corrected chi connectivity index (χ4v) is 4.75. The first-order chi connectivity index (χ1) is 14.7. The third-order valence-corrected chi connectivity index (χ3v) is 6.25. The maximum atomic E-state index is 13.3. The number of nitrogen functional groups attached to an aromatic ring is 1. The number of pyridine rings is 1. The molecular formula is C22H25F3N5S. The van der Waals surface area contributed by atoms with Crippen molar-refractivity contribution in [3.63, 3.8) is 0 Å². The fraction of sp³-hybridized carbons (Fsp3) is 0.455. The summed E-state index contributed by atoms with van der Waals surface area (Å²) in [7, 11) is 0. The number of nitrogens with zero attached hydrogens (tertiary/aromatic N) is 3. The smallest absolute Gasteiger partial charge is 0.375 e. The lowest BCUT2D eigenvalue weighted by Crippen LogP contribution is -2.37. The second-order valence-corrected chi connectivity index (χ2v) is 9.36. The first-order valence-electron chi connectivity index (χ1n) is 10.4. The van der Waals surface area contributed by atoms with Crippen molar-refractivity contribution >= 4 is 32.5 Å². The molecule has 0 amide bonds. The minimum absolute atomic E-state index is 0.213. The van der Waals surface area contributed by atoms with Gasteiger partial charge in [-0.3, -0.25) is 4.90 Å². The van der Waals surface area contributed by atoms with Gasteiger partial charge in [-0.2, -0.15) is 13.2 Å². The summed E-state index contributed by atoms with van der Waals surface area (Å²) >= 11 is 1.35. The average Bonchev–Trinajstić information content (AvgIpc) is 3.29. The number of fused-ring (bicyclic) bond motifs is 1. The molecule has 1 unspecified atom stereocenters. The molecule has 4 rings (SSSR count). The number of thiazole rings is 1. The van der Waals surface area contributed by atoms with E-state index in [0.717, 1.165) is 36.7 Å². The Labute approximate surface area is 183 Å². The van der Waals surface area contributed by atoms with Gasteiger partial charge < -0.3 is 11.1 Å². The number of rotatable bonds is 6. The van der Waals surface area contributed by atoms with Crippen molar-refractivity contribution in [2.24, 2.45) is 5.92 Å². The number of hydrogen-bond acceptors (Lipinski definition) is 6. The van der Waals surface area contributed by atoms with Crippen LogP contribution in [-0.2, 0) is 6.18 Å². The number of alkyl halides is 3. The van der Waals surface area contributed by atoms with E-state index in [2.05, 4.69) is 40.1 Å². The molecule has 0 saturated carbocycles. The number of likely N-dealkylation sites (tertiary alicyclic amines) is 1. The molecule has 1 aromatic carbocycles. The number of anilines is 2. The minimum atomic E-state index is -4.51. The van der Waals surface area contributed by atoms with E-state index in [9.17, 15) is 13.2 Å². The number of halogens is 3. The van der Waals surface area contributed by atoms with E-state index in [1.165, 1.54) is 17.4 Å². The van der Waals surface area contributed by atoms with Crippen molar-refractivity contribution in [3.05, 3.63) is 36.0 Å². The summed E-state index contributed by atoms with van der Waals surface area (Å²) in [5.41, 5.74) is 6.66. The zero-order valence-electron chi connectivity index (χ0n) is 17.5. The van der Waals surface area contributed by atoms with Crippen LogP contribution in [0.2, 0.25) is 0 Å². The van der Waals surface area contributed by atoms with Gasteiger partial charge in [0.15, 0.2) is 5.13 Å². The Bertz CT molecular complexity index is 1060. The number of hydrogen-bond donors (Lipinski definition) is 2. The van der Waals surface area contributed by atoms with E-state index in [-0.39, 0.29) is 11.9 Å². The molecule has 0 bridgehead atoms. The van der Waals surface area contributed by atoms with Gasteiger partial charge in [0.25, 0.3) is 0 Å². The minimum Gasteiger partial charge on any atom is -0.375 e. The lowest BCUT2D eigenvalue weighted by molar-refractivity contribution is -0.141. The monoisotopic (exact) mass is 448 g/mol. The normalized spacial score (nSPS) is 17.7. The highest BCUT2D eigenvalue weighted by atomic mass is 32.1.